The first-order valence-electron chi connectivity index (χ1n) is 22.1. The normalized spacial score (nSPS) is 14.7. The van der Waals surface area contributed by atoms with Gasteiger partial charge in [0.15, 0.2) is 6.10 Å². The van der Waals surface area contributed by atoms with Crippen LogP contribution in [0.5, 0.6) is 0 Å². The summed E-state index contributed by atoms with van der Waals surface area (Å²) in [6, 6.07) is 0. The van der Waals surface area contributed by atoms with Gasteiger partial charge >= 0.3 is 11.9 Å². The first-order valence-corrected chi connectivity index (χ1v) is 23.6. The Balaban J connectivity index is 4.52. The third-order valence-electron chi connectivity index (χ3n) is 9.11. The molecular formula is C46H82NO9P. The fourth-order valence-corrected chi connectivity index (χ4v) is 6.30. The van der Waals surface area contributed by atoms with Crippen LogP contribution >= 0.6 is 7.82 Å². The molecule has 0 aromatic heterocycles. The monoisotopic (exact) mass is 824 g/mol. The number of aliphatic hydroxyl groups is 1. The Kier molecular flexibility index (Phi) is 36.4. The molecule has 10 nitrogen and oxygen atoms in total. The maximum atomic E-state index is 12.6. The van der Waals surface area contributed by atoms with Crippen LogP contribution in [-0.4, -0.2) is 81.2 Å². The fourth-order valence-electron chi connectivity index (χ4n) is 5.57. The number of ether oxygens (including phenoxy) is 2. The molecule has 0 saturated heterocycles. The summed E-state index contributed by atoms with van der Waals surface area (Å²) in [5.41, 5.74) is 0. The Hall–Kier alpha value is -2.33. The summed E-state index contributed by atoms with van der Waals surface area (Å²) in [5, 5.41) is 9.91. The molecule has 330 valence electrons. The minimum absolute atomic E-state index is 0.0522. The molecule has 0 rings (SSSR count). The van der Waals surface area contributed by atoms with Crippen LogP contribution in [0.25, 0.3) is 0 Å². The van der Waals surface area contributed by atoms with Crippen molar-refractivity contribution in [1.82, 2.24) is 0 Å². The second kappa shape index (κ2) is 37.9. The number of phosphoric acid groups is 1. The maximum absolute atomic E-state index is 12.6. The number of unbranched alkanes of at least 4 members (excludes halogenated alkanes) is 14. The lowest BCUT2D eigenvalue weighted by Gasteiger charge is -2.28. The molecule has 3 atom stereocenters. The molecule has 0 aliphatic carbocycles. The van der Waals surface area contributed by atoms with E-state index in [4.69, 9.17) is 18.5 Å². The van der Waals surface area contributed by atoms with Gasteiger partial charge in [0.25, 0.3) is 7.82 Å². The number of hydrogen-bond donors (Lipinski definition) is 1. The van der Waals surface area contributed by atoms with Crippen LogP contribution in [0.4, 0.5) is 0 Å². The van der Waals surface area contributed by atoms with E-state index in [1.807, 2.05) is 57.6 Å². The lowest BCUT2D eigenvalue weighted by molar-refractivity contribution is -0.870. The van der Waals surface area contributed by atoms with Gasteiger partial charge in [0.1, 0.15) is 19.8 Å². The van der Waals surface area contributed by atoms with Gasteiger partial charge in [-0.15, -0.1) is 0 Å². The van der Waals surface area contributed by atoms with Gasteiger partial charge in [-0.25, -0.2) is 0 Å². The number of rotatable bonds is 39. The number of nitrogens with zero attached hydrogens (tertiary/aromatic N) is 1. The van der Waals surface area contributed by atoms with Crippen LogP contribution in [0.1, 0.15) is 162 Å². The van der Waals surface area contributed by atoms with E-state index < -0.39 is 32.5 Å². The van der Waals surface area contributed by atoms with Crippen molar-refractivity contribution in [2.45, 2.75) is 174 Å². The first kappa shape index (κ1) is 54.7. The van der Waals surface area contributed by atoms with Crippen LogP contribution in [0.3, 0.4) is 0 Å². The number of esters is 2. The van der Waals surface area contributed by atoms with Crippen LogP contribution in [0, 0.1) is 0 Å². The number of aliphatic hydroxyl groups excluding tert-OH is 1. The fraction of sp³-hybridized carbons (Fsp3) is 0.739. The van der Waals surface area contributed by atoms with Gasteiger partial charge in [-0.3, -0.25) is 14.2 Å². The second-order valence-electron chi connectivity index (χ2n) is 15.9. The number of hydrogen-bond acceptors (Lipinski definition) is 9. The Morgan fingerprint density at radius 3 is 1.86 bits per heavy atom. The minimum atomic E-state index is -4.65. The number of likely N-dealkylation sites (N-methyl/N-ethyl adjacent to an activating group) is 1. The van der Waals surface area contributed by atoms with Crippen LogP contribution in [0.2, 0.25) is 0 Å². The van der Waals surface area contributed by atoms with E-state index in [-0.39, 0.29) is 32.2 Å². The molecular weight excluding hydrogens is 741 g/mol. The van der Waals surface area contributed by atoms with Crippen molar-refractivity contribution >= 4 is 19.8 Å². The van der Waals surface area contributed by atoms with E-state index in [0.29, 0.717) is 30.3 Å². The summed E-state index contributed by atoms with van der Waals surface area (Å²) in [7, 11) is 1.09. The Bertz CT molecular complexity index is 1170. The number of carbonyl (C=O) groups is 2. The van der Waals surface area contributed by atoms with E-state index in [0.717, 1.165) is 64.2 Å². The van der Waals surface area contributed by atoms with Crippen molar-refractivity contribution in [2.24, 2.45) is 0 Å². The summed E-state index contributed by atoms with van der Waals surface area (Å²) in [6.07, 6.45) is 41.5. The second-order valence-corrected chi connectivity index (χ2v) is 17.3. The minimum Gasteiger partial charge on any atom is -0.756 e. The SMILES string of the molecule is CCCCCC/C=C\CCCCCCCCCC(=O)OC[C@H](COP(=O)([O-])OCC[N+](C)(C)C)OC(=O)CCC/C=C\C/C=C\C/C=C\C=C\[C@@H](O)CCCCC. The highest BCUT2D eigenvalue weighted by molar-refractivity contribution is 7.45. The number of phosphoric ester groups is 1. The molecule has 0 aromatic rings. The zero-order chi connectivity index (χ0) is 42.3. The largest absolute Gasteiger partial charge is 0.756 e. The summed E-state index contributed by atoms with van der Waals surface area (Å²) >= 11 is 0. The molecule has 0 bridgehead atoms. The molecule has 0 fully saturated rings. The van der Waals surface area contributed by atoms with Crippen LogP contribution < -0.4 is 4.89 Å². The van der Waals surface area contributed by atoms with Crippen molar-refractivity contribution in [3.63, 3.8) is 0 Å². The lowest BCUT2D eigenvalue weighted by atomic mass is 10.1. The number of allylic oxidation sites excluding steroid dienone is 9. The molecule has 0 aliphatic rings. The van der Waals surface area contributed by atoms with E-state index >= 15 is 0 Å². The van der Waals surface area contributed by atoms with Crippen molar-refractivity contribution in [2.75, 3.05) is 47.5 Å². The lowest BCUT2D eigenvalue weighted by Crippen LogP contribution is -2.37. The molecule has 1 N–H and O–H groups in total. The number of quaternary nitrogens is 1. The molecule has 0 amide bonds. The van der Waals surface area contributed by atoms with Crippen molar-refractivity contribution in [3.8, 4) is 0 Å². The summed E-state index contributed by atoms with van der Waals surface area (Å²) in [4.78, 5) is 37.5. The van der Waals surface area contributed by atoms with Gasteiger partial charge in [0.05, 0.1) is 33.9 Å². The van der Waals surface area contributed by atoms with E-state index in [9.17, 15) is 24.2 Å². The molecule has 0 heterocycles. The van der Waals surface area contributed by atoms with Crippen LogP contribution in [0.15, 0.2) is 60.8 Å². The molecule has 0 spiro atoms. The van der Waals surface area contributed by atoms with E-state index in [1.54, 1.807) is 0 Å². The number of carbonyl (C=O) groups excluding carboxylic acids is 2. The Labute approximate surface area is 348 Å². The molecule has 11 heteroatoms. The van der Waals surface area contributed by atoms with Crippen molar-refractivity contribution < 1.29 is 47.2 Å². The van der Waals surface area contributed by atoms with Crippen LogP contribution in [-0.2, 0) is 32.7 Å². The topological polar surface area (TPSA) is 131 Å². The van der Waals surface area contributed by atoms with Crippen molar-refractivity contribution in [1.29, 1.82) is 0 Å². The molecule has 1 unspecified atom stereocenters. The Morgan fingerprint density at radius 2 is 1.19 bits per heavy atom. The molecule has 57 heavy (non-hydrogen) atoms. The summed E-state index contributed by atoms with van der Waals surface area (Å²) in [5.74, 6) is -0.936. The van der Waals surface area contributed by atoms with Gasteiger partial charge in [-0.05, 0) is 64.2 Å². The average Bonchev–Trinajstić information content (AvgIpc) is 3.15. The zero-order valence-corrected chi connectivity index (χ0v) is 37.5. The smallest absolute Gasteiger partial charge is 0.306 e. The van der Waals surface area contributed by atoms with E-state index in [2.05, 4.69) is 38.2 Å². The van der Waals surface area contributed by atoms with Gasteiger partial charge in [-0.2, -0.15) is 0 Å². The molecule has 0 aliphatic heterocycles. The Morgan fingerprint density at radius 1 is 0.649 bits per heavy atom. The van der Waals surface area contributed by atoms with Gasteiger partial charge in [0, 0.05) is 12.8 Å². The van der Waals surface area contributed by atoms with E-state index in [1.165, 1.54) is 51.4 Å². The zero-order valence-electron chi connectivity index (χ0n) is 36.6. The molecule has 0 aromatic carbocycles. The van der Waals surface area contributed by atoms with Crippen molar-refractivity contribution in [3.05, 3.63) is 60.8 Å². The summed E-state index contributed by atoms with van der Waals surface area (Å²) < 4.78 is 33.8. The van der Waals surface area contributed by atoms with Gasteiger partial charge in [0.2, 0.25) is 0 Å². The predicted octanol–water partition coefficient (Wildman–Crippen LogP) is 10.8. The predicted molar refractivity (Wildman–Crippen MR) is 232 cm³/mol. The van der Waals surface area contributed by atoms with Gasteiger partial charge < -0.3 is 33.0 Å². The third-order valence-corrected chi connectivity index (χ3v) is 10.1. The summed E-state index contributed by atoms with van der Waals surface area (Å²) in [6.45, 7) is 3.99. The maximum Gasteiger partial charge on any atom is 0.306 e. The third kappa shape index (κ3) is 41.6. The highest BCUT2D eigenvalue weighted by Crippen LogP contribution is 2.38. The standard InChI is InChI=1S/C46H82NO9P/c1-6-8-10-11-12-13-14-15-16-17-20-23-26-29-33-37-45(49)53-41-44(42-55-57(51,52)54-40-39-47(3,4)5)56-46(50)38-34-30-27-24-21-18-19-22-25-28-32-36-43(48)35-31-9-7-2/h13-14,18-19,24-25,27-28,32,36,43-44,48H,6-12,15-17,20-23,26,29-31,33-35,37-42H2,1-5H3/b14-13-,19-18-,27-24-,28-25-,36-32+/t43-,44+/m0/s1. The molecule has 0 radical (unpaired) electrons. The molecule has 0 saturated carbocycles. The highest BCUT2D eigenvalue weighted by Gasteiger charge is 2.21. The first-order chi connectivity index (χ1) is 27.4. The highest BCUT2D eigenvalue weighted by atomic mass is 31.2. The average molecular weight is 824 g/mol. The quantitative estimate of drug-likeness (QED) is 0.0161. The van der Waals surface area contributed by atoms with Gasteiger partial charge in [-0.1, -0.05) is 145 Å².